The molecule has 0 aromatic rings. The van der Waals surface area contributed by atoms with Crippen LogP contribution in [0.25, 0.3) is 0 Å². The van der Waals surface area contributed by atoms with E-state index >= 15 is 0 Å². The van der Waals surface area contributed by atoms with Crippen molar-refractivity contribution < 1.29 is 19.2 Å². The molecule has 7 heteroatoms. The molecule has 0 saturated carbocycles. The summed E-state index contributed by atoms with van der Waals surface area (Å²) in [4.78, 5) is 21.6. The van der Waals surface area contributed by atoms with Crippen molar-refractivity contribution in [2.45, 2.75) is 19.8 Å². The first-order valence-electron chi connectivity index (χ1n) is 2.76. The molecule has 3 N–H and O–H groups in total. The van der Waals surface area contributed by atoms with Crippen LogP contribution in [-0.4, -0.2) is 50.1 Å². The monoisotopic (exact) mass is 214 g/mol. The fourth-order valence-electron chi connectivity index (χ4n) is 0.134. The van der Waals surface area contributed by atoms with Gasteiger partial charge < -0.3 is 14.7 Å². The minimum absolute atomic E-state index is 0. The van der Waals surface area contributed by atoms with E-state index in [1.165, 1.54) is 6.42 Å². The van der Waals surface area contributed by atoms with E-state index in [1.54, 1.807) is 0 Å². The molecule has 0 aliphatic carbocycles. The van der Waals surface area contributed by atoms with Gasteiger partial charge >= 0.3 is 37.4 Å². The molecule has 11 heavy (non-hydrogen) atoms. The maximum atomic E-state index is 8.88. The van der Waals surface area contributed by atoms with Crippen LogP contribution < -0.4 is 0 Å². The van der Waals surface area contributed by atoms with Crippen molar-refractivity contribution in [1.82, 2.24) is 0 Å². The number of phosphoric acid groups is 1. The van der Waals surface area contributed by atoms with Crippen LogP contribution in [0.1, 0.15) is 19.8 Å². The quantitative estimate of drug-likeness (QED) is 0.354. The summed E-state index contributed by atoms with van der Waals surface area (Å²) in [6, 6.07) is 0. The molecule has 66 valence electrons. The van der Waals surface area contributed by atoms with Crippen molar-refractivity contribution in [3.63, 3.8) is 0 Å². The Balaban J connectivity index is -0.000000107. The van der Waals surface area contributed by atoms with Crippen LogP contribution in [0.15, 0.2) is 0 Å². The third kappa shape index (κ3) is 87.1. The topological polar surface area (TPSA) is 77.8 Å². The Bertz CT molecular complexity index is 96.0. The molecular formula is C4H13ClNaO4P. The molecule has 0 atom stereocenters. The summed E-state index contributed by atoms with van der Waals surface area (Å²) in [5.41, 5.74) is 0. The van der Waals surface area contributed by atoms with E-state index in [-0.39, 0.29) is 29.6 Å². The number of unbranched alkanes of at least 4 members (excludes halogenated alkanes) is 1. The summed E-state index contributed by atoms with van der Waals surface area (Å²) in [5.74, 6) is 0.816. The van der Waals surface area contributed by atoms with Crippen LogP contribution in [-0.2, 0) is 4.57 Å². The molecular weight excluding hydrogens is 201 g/mol. The SMILES string of the molecule is CCCCCl.O=P(O)(O)O.[NaH]. The molecule has 0 spiro atoms. The van der Waals surface area contributed by atoms with Gasteiger partial charge in [0.05, 0.1) is 0 Å². The molecule has 0 saturated heterocycles. The average Bonchev–Trinajstić information content (AvgIpc) is 1.63. The molecule has 0 aliphatic rings. The van der Waals surface area contributed by atoms with Gasteiger partial charge in [0.25, 0.3) is 0 Å². The van der Waals surface area contributed by atoms with Crippen molar-refractivity contribution in [2.24, 2.45) is 0 Å². The van der Waals surface area contributed by atoms with Gasteiger partial charge in [-0.3, -0.25) is 0 Å². The summed E-state index contributed by atoms with van der Waals surface area (Å²) in [5, 5.41) is 0. The van der Waals surface area contributed by atoms with E-state index in [0.29, 0.717) is 0 Å². The first-order chi connectivity index (χ1) is 4.41. The molecule has 0 bridgehead atoms. The zero-order chi connectivity index (χ0) is 8.62. The van der Waals surface area contributed by atoms with Gasteiger partial charge in [0.1, 0.15) is 0 Å². The molecule has 0 aromatic heterocycles. The fourth-order valence-corrected chi connectivity index (χ4v) is 0.401. The first-order valence-corrected chi connectivity index (χ1v) is 4.86. The number of hydrogen-bond acceptors (Lipinski definition) is 1. The normalized spacial score (nSPS) is 9.18. The summed E-state index contributed by atoms with van der Waals surface area (Å²) >= 11 is 5.30. The predicted molar refractivity (Wildman–Crippen MR) is 47.0 cm³/mol. The molecule has 4 nitrogen and oxygen atoms in total. The standard InChI is InChI=1S/C4H9Cl.Na.H3O4P.H/c1-2-3-4-5;;1-5(2,3)4;/h2-4H2,1H3;;(H3,1,2,3,4);. The molecule has 0 radical (unpaired) electrons. The molecule has 0 unspecified atom stereocenters. The van der Waals surface area contributed by atoms with E-state index in [2.05, 4.69) is 6.92 Å². The second-order valence-electron chi connectivity index (χ2n) is 1.56. The Labute approximate surface area is 93.5 Å². The Morgan fingerprint density at radius 3 is 1.64 bits per heavy atom. The Morgan fingerprint density at radius 1 is 1.36 bits per heavy atom. The van der Waals surface area contributed by atoms with Crippen LogP contribution in [0.2, 0.25) is 0 Å². The number of hydrogen-bond donors (Lipinski definition) is 3. The van der Waals surface area contributed by atoms with Crippen LogP contribution in [0.4, 0.5) is 0 Å². The van der Waals surface area contributed by atoms with Gasteiger partial charge in [0, 0.05) is 5.88 Å². The van der Waals surface area contributed by atoms with E-state index in [1.807, 2.05) is 0 Å². The van der Waals surface area contributed by atoms with E-state index in [0.717, 1.165) is 12.3 Å². The van der Waals surface area contributed by atoms with Gasteiger partial charge in [-0.15, -0.1) is 11.6 Å². The Hall–Kier alpha value is 1.40. The van der Waals surface area contributed by atoms with Crippen LogP contribution in [0, 0.1) is 0 Å². The summed E-state index contributed by atoms with van der Waals surface area (Å²) in [7, 11) is -4.64. The Morgan fingerprint density at radius 2 is 1.64 bits per heavy atom. The van der Waals surface area contributed by atoms with Gasteiger partial charge in [0.15, 0.2) is 0 Å². The first kappa shape index (κ1) is 18.2. The van der Waals surface area contributed by atoms with Crippen LogP contribution in [0.3, 0.4) is 0 Å². The number of alkyl halides is 1. The van der Waals surface area contributed by atoms with Crippen molar-refractivity contribution in [1.29, 1.82) is 0 Å². The summed E-state index contributed by atoms with van der Waals surface area (Å²) in [6.45, 7) is 2.13. The van der Waals surface area contributed by atoms with E-state index < -0.39 is 7.82 Å². The zero-order valence-electron chi connectivity index (χ0n) is 5.70. The maximum absolute atomic E-state index is 8.88. The van der Waals surface area contributed by atoms with Crippen molar-refractivity contribution in [3.05, 3.63) is 0 Å². The van der Waals surface area contributed by atoms with E-state index in [9.17, 15) is 0 Å². The molecule has 0 heterocycles. The van der Waals surface area contributed by atoms with Gasteiger partial charge in [-0.1, -0.05) is 13.3 Å². The third-order valence-electron chi connectivity index (χ3n) is 0.487. The van der Waals surface area contributed by atoms with Gasteiger partial charge in [-0.25, -0.2) is 4.57 Å². The number of halogens is 1. The fraction of sp³-hybridized carbons (Fsp3) is 1.00. The predicted octanol–water partition coefficient (Wildman–Crippen LogP) is 0.448. The molecule has 0 amide bonds. The molecule has 0 rings (SSSR count). The van der Waals surface area contributed by atoms with Crippen LogP contribution >= 0.6 is 19.4 Å². The van der Waals surface area contributed by atoms with Gasteiger partial charge in [-0.2, -0.15) is 0 Å². The summed E-state index contributed by atoms with van der Waals surface area (Å²) < 4.78 is 8.88. The van der Waals surface area contributed by atoms with Crippen LogP contribution in [0.5, 0.6) is 0 Å². The van der Waals surface area contributed by atoms with Gasteiger partial charge in [-0.05, 0) is 6.42 Å². The molecule has 0 aliphatic heterocycles. The zero-order valence-corrected chi connectivity index (χ0v) is 7.35. The van der Waals surface area contributed by atoms with E-state index in [4.69, 9.17) is 30.8 Å². The second-order valence-corrected chi connectivity index (χ2v) is 2.96. The third-order valence-corrected chi connectivity index (χ3v) is 0.754. The molecule has 0 aromatic carbocycles. The second kappa shape index (κ2) is 11.4. The number of rotatable bonds is 2. The van der Waals surface area contributed by atoms with Crippen molar-refractivity contribution in [3.8, 4) is 0 Å². The van der Waals surface area contributed by atoms with Gasteiger partial charge in [0.2, 0.25) is 0 Å². The molecule has 0 fully saturated rings. The minimum atomic E-state index is -4.64. The summed E-state index contributed by atoms with van der Waals surface area (Å²) in [6.07, 6.45) is 2.37. The van der Waals surface area contributed by atoms with Crippen molar-refractivity contribution >= 4 is 49.0 Å². The van der Waals surface area contributed by atoms with Crippen molar-refractivity contribution in [2.75, 3.05) is 5.88 Å². The Kier molecular flexibility index (Phi) is 18.9. The average molecular weight is 215 g/mol.